The molecule has 0 bridgehead atoms. The number of aryl methyl sites for hydroxylation is 2. The van der Waals surface area contributed by atoms with Gasteiger partial charge in [0.15, 0.2) is 5.16 Å². The maximum Gasteiger partial charge on any atom is 0.262 e. The first kappa shape index (κ1) is 19.7. The van der Waals surface area contributed by atoms with Gasteiger partial charge in [-0.2, -0.15) is 0 Å². The van der Waals surface area contributed by atoms with Crippen LogP contribution in [0.4, 0.5) is 11.4 Å². The normalized spacial score (nSPS) is 12.8. The Morgan fingerprint density at radius 1 is 1.24 bits per heavy atom. The molecule has 7 nitrogen and oxygen atoms in total. The van der Waals surface area contributed by atoms with Crippen LogP contribution in [0.15, 0.2) is 34.2 Å². The molecule has 2 heterocycles. The monoisotopic (exact) mass is 428 g/mol. The van der Waals surface area contributed by atoms with Crippen molar-refractivity contribution in [2.45, 2.75) is 31.3 Å². The maximum atomic E-state index is 12.8. The van der Waals surface area contributed by atoms with E-state index >= 15 is 0 Å². The van der Waals surface area contributed by atoms with E-state index in [1.54, 1.807) is 42.6 Å². The molecule has 0 saturated carbocycles. The first-order valence-corrected chi connectivity index (χ1v) is 11.0. The first-order chi connectivity index (χ1) is 13.9. The number of hydrogen-bond donors (Lipinski definition) is 2. The fourth-order valence-corrected chi connectivity index (χ4v) is 5.51. The average molecular weight is 429 g/mol. The second-order valence-electron chi connectivity index (χ2n) is 6.89. The average Bonchev–Trinajstić information content (AvgIpc) is 3.24. The summed E-state index contributed by atoms with van der Waals surface area (Å²) in [5.41, 5.74) is 2.32. The van der Waals surface area contributed by atoms with Gasteiger partial charge in [0.25, 0.3) is 5.56 Å². The number of amides is 2. The minimum absolute atomic E-state index is 0.0414. The fourth-order valence-electron chi connectivity index (χ4n) is 3.44. The number of benzene rings is 1. The highest BCUT2D eigenvalue weighted by molar-refractivity contribution is 7.99. The largest absolute Gasteiger partial charge is 0.326 e. The van der Waals surface area contributed by atoms with E-state index in [1.807, 2.05) is 0 Å². The number of thiophene rings is 1. The number of fused-ring (bicyclic) bond motifs is 3. The Labute approximate surface area is 175 Å². The molecule has 150 valence electrons. The summed E-state index contributed by atoms with van der Waals surface area (Å²) < 4.78 is 1.53. The van der Waals surface area contributed by atoms with E-state index in [0.29, 0.717) is 16.5 Å². The summed E-state index contributed by atoms with van der Waals surface area (Å²) in [4.78, 5) is 43.0. The predicted octanol–water partition coefficient (Wildman–Crippen LogP) is 3.17. The maximum absolute atomic E-state index is 12.8. The number of thioether (sulfide) groups is 1. The van der Waals surface area contributed by atoms with Crippen LogP contribution in [0.3, 0.4) is 0 Å². The molecule has 29 heavy (non-hydrogen) atoms. The molecule has 9 heteroatoms. The summed E-state index contributed by atoms with van der Waals surface area (Å²) in [7, 11) is 1.70. The lowest BCUT2D eigenvalue weighted by atomic mass is 10.2. The summed E-state index contributed by atoms with van der Waals surface area (Å²) in [6.45, 7) is 1.43. The molecule has 0 saturated heterocycles. The number of carbonyl (C=O) groups excluding carboxylic acids is 2. The zero-order chi connectivity index (χ0) is 20.5. The molecule has 0 aliphatic heterocycles. The third kappa shape index (κ3) is 4.06. The quantitative estimate of drug-likeness (QED) is 0.481. The summed E-state index contributed by atoms with van der Waals surface area (Å²) in [5, 5.41) is 6.76. The molecule has 0 atom stereocenters. The lowest BCUT2D eigenvalue weighted by Crippen LogP contribution is -2.21. The SMILES string of the molecule is CC(=O)Nc1cccc(NC(=O)CSc2nc3sc4c(c3c(=O)n2C)CCC4)c1. The minimum atomic E-state index is -0.210. The van der Waals surface area contributed by atoms with Crippen molar-refractivity contribution in [1.82, 2.24) is 9.55 Å². The summed E-state index contributed by atoms with van der Waals surface area (Å²) in [6, 6.07) is 6.95. The van der Waals surface area contributed by atoms with E-state index in [0.717, 1.165) is 35.0 Å². The number of nitrogens with one attached hydrogen (secondary N) is 2. The topological polar surface area (TPSA) is 93.1 Å². The van der Waals surface area contributed by atoms with Crippen molar-refractivity contribution in [3.8, 4) is 0 Å². The molecule has 0 radical (unpaired) electrons. The Kier molecular flexibility index (Phi) is 5.42. The Morgan fingerprint density at radius 3 is 2.76 bits per heavy atom. The first-order valence-electron chi connectivity index (χ1n) is 9.24. The molecule has 0 fully saturated rings. The van der Waals surface area contributed by atoms with Gasteiger partial charge in [-0.05, 0) is 43.0 Å². The van der Waals surface area contributed by atoms with Crippen molar-refractivity contribution < 1.29 is 9.59 Å². The van der Waals surface area contributed by atoms with Crippen molar-refractivity contribution in [2.75, 3.05) is 16.4 Å². The van der Waals surface area contributed by atoms with Crippen LogP contribution in [0.5, 0.6) is 0 Å². The standard InChI is InChI=1S/C20H20N4O3S2/c1-11(25)21-12-5-3-6-13(9-12)22-16(26)10-28-20-23-18-17(19(27)24(20)2)14-7-4-8-15(14)29-18/h3,5-6,9H,4,7-8,10H2,1-2H3,(H,21,25)(H,22,26). The van der Waals surface area contributed by atoms with Crippen molar-refractivity contribution in [1.29, 1.82) is 0 Å². The summed E-state index contributed by atoms with van der Waals surface area (Å²) >= 11 is 2.83. The van der Waals surface area contributed by atoms with E-state index in [4.69, 9.17) is 0 Å². The molecule has 0 unspecified atom stereocenters. The molecular weight excluding hydrogens is 408 g/mol. The van der Waals surface area contributed by atoms with Gasteiger partial charge >= 0.3 is 0 Å². The Morgan fingerprint density at radius 2 is 2.00 bits per heavy atom. The van der Waals surface area contributed by atoms with Crippen LogP contribution in [-0.2, 0) is 29.5 Å². The molecule has 1 aliphatic rings. The molecular formula is C20H20N4O3S2. The molecule has 2 aromatic heterocycles. The van der Waals surface area contributed by atoms with Gasteiger partial charge in [0.05, 0.1) is 11.1 Å². The van der Waals surface area contributed by atoms with Crippen LogP contribution in [0.25, 0.3) is 10.2 Å². The van der Waals surface area contributed by atoms with Crippen molar-refractivity contribution in [2.24, 2.45) is 7.05 Å². The third-order valence-corrected chi connectivity index (χ3v) is 6.92. The van der Waals surface area contributed by atoms with Crippen LogP contribution < -0.4 is 16.2 Å². The van der Waals surface area contributed by atoms with Gasteiger partial charge in [-0.25, -0.2) is 4.98 Å². The summed E-state index contributed by atoms with van der Waals surface area (Å²) in [6.07, 6.45) is 3.06. The van der Waals surface area contributed by atoms with Gasteiger partial charge in [-0.1, -0.05) is 17.8 Å². The molecule has 0 spiro atoms. The van der Waals surface area contributed by atoms with E-state index in [1.165, 1.54) is 28.1 Å². The Bertz CT molecular complexity index is 1180. The second kappa shape index (κ2) is 8.00. The highest BCUT2D eigenvalue weighted by Gasteiger charge is 2.22. The third-order valence-electron chi connectivity index (χ3n) is 4.70. The molecule has 2 N–H and O–H groups in total. The van der Waals surface area contributed by atoms with Gasteiger partial charge in [0.2, 0.25) is 11.8 Å². The molecule has 1 aromatic carbocycles. The number of hydrogen-bond acceptors (Lipinski definition) is 6. The predicted molar refractivity (Wildman–Crippen MR) is 117 cm³/mol. The van der Waals surface area contributed by atoms with Crippen molar-refractivity contribution in [3.63, 3.8) is 0 Å². The van der Waals surface area contributed by atoms with Gasteiger partial charge in [0, 0.05) is 30.2 Å². The van der Waals surface area contributed by atoms with Crippen LogP contribution in [0.2, 0.25) is 0 Å². The number of aromatic nitrogens is 2. The molecule has 4 rings (SSSR count). The van der Waals surface area contributed by atoms with Gasteiger partial charge in [-0.15, -0.1) is 11.3 Å². The molecule has 3 aromatic rings. The van der Waals surface area contributed by atoms with E-state index in [-0.39, 0.29) is 23.1 Å². The molecule has 2 amide bonds. The van der Waals surface area contributed by atoms with E-state index in [2.05, 4.69) is 15.6 Å². The summed E-state index contributed by atoms with van der Waals surface area (Å²) in [5.74, 6) is -0.259. The number of anilines is 2. The minimum Gasteiger partial charge on any atom is -0.326 e. The van der Waals surface area contributed by atoms with E-state index < -0.39 is 0 Å². The lowest BCUT2D eigenvalue weighted by Gasteiger charge is -2.09. The van der Waals surface area contributed by atoms with Crippen LogP contribution in [0.1, 0.15) is 23.8 Å². The second-order valence-corrected chi connectivity index (χ2v) is 8.92. The van der Waals surface area contributed by atoms with Crippen LogP contribution >= 0.6 is 23.1 Å². The van der Waals surface area contributed by atoms with Crippen molar-refractivity contribution >= 4 is 56.5 Å². The number of rotatable bonds is 5. The zero-order valence-electron chi connectivity index (χ0n) is 16.1. The lowest BCUT2D eigenvalue weighted by molar-refractivity contribution is -0.114. The zero-order valence-corrected chi connectivity index (χ0v) is 17.7. The van der Waals surface area contributed by atoms with Gasteiger partial charge in [0.1, 0.15) is 4.83 Å². The Hall–Kier alpha value is -2.65. The molecule has 1 aliphatic carbocycles. The number of carbonyl (C=O) groups is 2. The van der Waals surface area contributed by atoms with Gasteiger partial charge < -0.3 is 10.6 Å². The van der Waals surface area contributed by atoms with E-state index in [9.17, 15) is 14.4 Å². The number of nitrogens with zero attached hydrogens (tertiary/aromatic N) is 2. The van der Waals surface area contributed by atoms with Crippen LogP contribution in [-0.4, -0.2) is 27.1 Å². The highest BCUT2D eigenvalue weighted by Crippen LogP contribution is 2.35. The Balaban J connectivity index is 1.47. The fraction of sp³-hybridized carbons (Fsp3) is 0.300. The van der Waals surface area contributed by atoms with Gasteiger partial charge in [-0.3, -0.25) is 19.0 Å². The smallest absolute Gasteiger partial charge is 0.262 e. The van der Waals surface area contributed by atoms with Crippen LogP contribution in [0, 0.1) is 0 Å². The highest BCUT2D eigenvalue weighted by atomic mass is 32.2. The van der Waals surface area contributed by atoms with Crippen molar-refractivity contribution in [3.05, 3.63) is 45.1 Å².